The van der Waals surface area contributed by atoms with Crippen molar-refractivity contribution in [3.8, 4) is 11.5 Å². The number of carbonyl (C=O) groups is 2. The van der Waals surface area contributed by atoms with Gasteiger partial charge in [-0.25, -0.2) is 0 Å². The van der Waals surface area contributed by atoms with Crippen LogP contribution in [-0.2, 0) is 4.79 Å². The average Bonchev–Trinajstić information content (AvgIpc) is 2.90. The third-order valence-corrected chi connectivity index (χ3v) is 3.82. The van der Waals surface area contributed by atoms with Crippen LogP contribution in [0.3, 0.4) is 0 Å². The molecule has 21 heavy (non-hydrogen) atoms. The Balaban J connectivity index is 2.27. The van der Waals surface area contributed by atoms with Gasteiger partial charge < -0.3 is 14.7 Å². The van der Waals surface area contributed by atoms with Gasteiger partial charge in [-0.3, -0.25) is 9.59 Å². The van der Waals surface area contributed by atoms with Gasteiger partial charge in [0.1, 0.15) is 0 Å². The van der Waals surface area contributed by atoms with Crippen molar-refractivity contribution in [1.29, 1.82) is 0 Å². The highest BCUT2D eigenvalue weighted by Gasteiger charge is 2.32. The van der Waals surface area contributed by atoms with Gasteiger partial charge in [0.05, 0.1) is 13.2 Å². The number of rotatable bonds is 6. The molecule has 1 unspecified atom stereocenters. The Morgan fingerprint density at radius 1 is 1.48 bits per heavy atom. The number of methoxy groups -OCH3 is 1. The molecule has 1 amide bonds. The smallest absolute Gasteiger partial charge is 0.223 e. The number of hydrogen-bond acceptors (Lipinski definition) is 4. The van der Waals surface area contributed by atoms with E-state index in [1.165, 1.54) is 19.2 Å². The molecule has 1 aliphatic heterocycles. The van der Waals surface area contributed by atoms with Crippen LogP contribution in [0.1, 0.15) is 43.0 Å². The zero-order chi connectivity index (χ0) is 15.4. The molecule has 0 aliphatic carbocycles. The average molecular weight is 291 g/mol. The lowest BCUT2D eigenvalue weighted by atomic mass is 9.98. The molecular formula is C16H21NO4. The number of ketones is 1. The number of ether oxygens (including phenoxy) is 1. The van der Waals surface area contributed by atoms with Crippen LogP contribution in [0.15, 0.2) is 18.2 Å². The molecule has 1 atom stereocenters. The van der Waals surface area contributed by atoms with Crippen LogP contribution in [-0.4, -0.2) is 41.4 Å². The largest absolute Gasteiger partial charge is 0.504 e. The highest BCUT2D eigenvalue weighted by molar-refractivity contribution is 6.02. The monoisotopic (exact) mass is 291 g/mol. The standard InChI is InChI=1S/C16H21NO4/c1-3-5-12(17-9-4-6-15(17)19)16(20)11-7-8-13(18)14(10-11)21-2/h7-8,10,12,18H,3-6,9H2,1-2H3. The first kappa shape index (κ1) is 15.4. The van der Waals surface area contributed by atoms with E-state index in [4.69, 9.17) is 4.74 Å². The van der Waals surface area contributed by atoms with Crippen molar-refractivity contribution < 1.29 is 19.4 Å². The summed E-state index contributed by atoms with van der Waals surface area (Å²) in [4.78, 5) is 26.3. The Kier molecular flexibility index (Phi) is 4.83. The molecule has 0 radical (unpaired) electrons. The Morgan fingerprint density at radius 3 is 2.81 bits per heavy atom. The maximum Gasteiger partial charge on any atom is 0.223 e. The van der Waals surface area contributed by atoms with Crippen LogP contribution in [0, 0.1) is 0 Å². The summed E-state index contributed by atoms with van der Waals surface area (Å²) < 4.78 is 5.04. The zero-order valence-corrected chi connectivity index (χ0v) is 12.5. The van der Waals surface area contributed by atoms with Crippen molar-refractivity contribution in [3.05, 3.63) is 23.8 Å². The van der Waals surface area contributed by atoms with Gasteiger partial charge >= 0.3 is 0 Å². The molecule has 1 fully saturated rings. The predicted octanol–water partition coefficient (Wildman–Crippen LogP) is 2.37. The van der Waals surface area contributed by atoms with Gasteiger partial charge in [0.2, 0.25) is 5.91 Å². The fraction of sp³-hybridized carbons (Fsp3) is 0.500. The van der Waals surface area contributed by atoms with Gasteiger partial charge in [0.15, 0.2) is 17.3 Å². The maximum absolute atomic E-state index is 12.7. The van der Waals surface area contributed by atoms with Crippen LogP contribution >= 0.6 is 0 Å². The second-order valence-corrected chi connectivity index (χ2v) is 5.25. The number of phenolic OH excluding ortho intramolecular Hbond substituents is 1. The molecular weight excluding hydrogens is 270 g/mol. The maximum atomic E-state index is 12.7. The summed E-state index contributed by atoms with van der Waals surface area (Å²) in [5.41, 5.74) is 0.461. The van der Waals surface area contributed by atoms with Gasteiger partial charge in [-0.15, -0.1) is 0 Å². The topological polar surface area (TPSA) is 66.8 Å². The minimum absolute atomic E-state index is 0.00154. The van der Waals surface area contributed by atoms with Crippen LogP contribution in [0.25, 0.3) is 0 Å². The SMILES string of the molecule is CCCC(C(=O)c1ccc(O)c(OC)c1)N1CCCC1=O. The van der Waals surface area contributed by atoms with E-state index in [1.54, 1.807) is 11.0 Å². The summed E-state index contributed by atoms with van der Waals surface area (Å²) in [6, 6.07) is 4.13. The zero-order valence-electron chi connectivity index (χ0n) is 12.5. The summed E-state index contributed by atoms with van der Waals surface area (Å²) in [5.74, 6) is 0.222. The Bertz CT molecular complexity index is 541. The van der Waals surface area contributed by atoms with Crippen LogP contribution in [0.2, 0.25) is 0 Å². The normalized spacial score (nSPS) is 16.1. The molecule has 1 saturated heterocycles. The van der Waals surface area contributed by atoms with E-state index in [1.807, 2.05) is 6.92 Å². The number of Topliss-reactive ketones (excluding diaryl/α,β-unsaturated/α-hetero) is 1. The summed E-state index contributed by atoms with van der Waals surface area (Å²) in [6.45, 7) is 2.64. The summed E-state index contributed by atoms with van der Waals surface area (Å²) in [5, 5.41) is 9.61. The van der Waals surface area contributed by atoms with Crippen molar-refractivity contribution in [2.45, 2.75) is 38.6 Å². The first-order valence-electron chi connectivity index (χ1n) is 7.29. The lowest BCUT2D eigenvalue weighted by Crippen LogP contribution is -2.41. The van der Waals surface area contributed by atoms with E-state index < -0.39 is 6.04 Å². The minimum Gasteiger partial charge on any atom is -0.504 e. The van der Waals surface area contributed by atoms with Crippen LogP contribution in [0.5, 0.6) is 11.5 Å². The van der Waals surface area contributed by atoms with Crippen molar-refractivity contribution in [1.82, 2.24) is 4.90 Å². The Morgan fingerprint density at radius 2 is 2.24 bits per heavy atom. The fourth-order valence-electron chi connectivity index (χ4n) is 2.72. The highest BCUT2D eigenvalue weighted by Crippen LogP contribution is 2.28. The van der Waals surface area contributed by atoms with Crippen LogP contribution in [0.4, 0.5) is 0 Å². The number of carbonyl (C=O) groups excluding carboxylic acids is 2. The number of aromatic hydroxyl groups is 1. The summed E-state index contributed by atoms with van der Waals surface area (Å²) in [7, 11) is 1.44. The molecule has 0 spiro atoms. The lowest BCUT2D eigenvalue weighted by molar-refractivity contribution is -0.129. The summed E-state index contributed by atoms with van der Waals surface area (Å²) >= 11 is 0. The first-order valence-corrected chi connectivity index (χ1v) is 7.29. The van der Waals surface area contributed by atoms with Gasteiger partial charge in [-0.05, 0) is 31.0 Å². The molecule has 0 aromatic heterocycles. The van der Waals surface area contributed by atoms with E-state index in [-0.39, 0.29) is 23.2 Å². The predicted molar refractivity (Wildman–Crippen MR) is 78.6 cm³/mol. The second-order valence-electron chi connectivity index (χ2n) is 5.25. The highest BCUT2D eigenvalue weighted by atomic mass is 16.5. The van der Waals surface area contributed by atoms with E-state index in [0.717, 1.165) is 12.8 Å². The second kappa shape index (κ2) is 6.61. The number of amides is 1. The number of hydrogen-bond donors (Lipinski definition) is 1. The first-order chi connectivity index (χ1) is 10.1. The third kappa shape index (κ3) is 3.17. The molecule has 1 aliphatic rings. The molecule has 1 aromatic carbocycles. The molecule has 1 heterocycles. The molecule has 2 rings (SSSR count). The van der Waals surface area contributed by atoms with Crippen molar-refractivity contribution >= 4 is 11.7 Å². The quantitative estimate of drug-likeness (QED) is 0.817. The summed E-state index contributed by atoms with van der Waals surface area (Å²) in [6.07, 6.45) is 2.81. The number of likely N-dealkylation sites (tertiary alicyclic amines) is 1. The van der Waals surface area contributed by atoms with Crippen molar-refractivity contribution in [2.75, 3.05) is 13.7 Å². The van der Waals surface area contributed by atoms with Gasteiger partial charge in [-0.1, -0.05) is 13.3 Å². The molecule has 114 valence electrons. The molecule has 5 heteroatoms. The number of benzene rings is 1. The molecule has 5 nitrogen and oxygen atoms in total. The Hall–Kier alpha value is -2.04. The molecule has 0 bridgehead atoms. The third-order valence-electron chi connectivity index (χ3n) is 3.82. The van der Waals surface area contributed by atoms with Gasteiger partial charge in [0, 0.05) is 18.5 Å². The molecule has 1 aromatic rings. The molecule has 0 saturated carbocycles. The van der Waals surface area contributed by atoms with E-state index in [0.29, 0.717) is 24.9 Å². The minimum atomic E-state index is -0.417. The van der Waals surface area contributed by atoms with Crippen LogP contribution < -0.4 is 4.74 Å². The van der Waals surface area contributed by atoms with E-state index in [2.05, 4.69) is 0 Å². The van der Waals surface area contributed by atoms with Gasteiger partial charge in [0.25, 0.3) is 0 Å². The van der Waals surface area contributed by atoms with Gasteiger partial charge in [-0.2, -0.15) is 0 Å². The fourth-order valence-corrected chi connectivity index (χ4v) is 2.72. The van der Waals surface area contributed by atoms with Crippen molar-refractivity contribution in [3.63, 3.8) is 0 Å². The Labute approximate surface area is 124 Å². The van der Waals surface area contributed by atoms with E-state index in [9.17, 15) is 14.7 Å². The van der Waals surface area contributed by atoms with Crippen molar-refractivity contribution in [2.24, 2.45) is 0 Å². The van der Waals surface area contributed by atoms with E-state index >= 15 is 0 Å². The number of nitrogens with zero attached hydrogens (tertiary/aromatic N) is 1. The molecule has 1 N–H and O–H groups in total. The number of phenols is 1. The lowest BCUT2D eigenvalue weighted by Gasteiger charge is -2.26.